The van der Waals surface area contributed by atoms with Crippen LogP contribution in [0.15, 0.2) is 0 Å². The second-order valence-corrected chi connectivity index (χ2v) is 7.39. The molecule has 0 spiro atoms. The Morgan fingerprint density at radius 2 is 1.75 bits per heavy atom. The summed E-state index contributed by atoms with van der Waals surface area (Å²) in [5, 5.41) is 0. The van der Waals surface area contributed by atoms with Crippen molar-refractivity contribution in [1.29, 1.82) is 0 Å². The lowest BCUT2D eigenvalue weighted by atomic mass is 9.64. The molecule has 0 nitrogen and oxygen atoms in total. The zero-order valence-electron chi connectivity index (χ0n) is 10.7. The van der Waals surface area contributed by atoms with Gasteiger partial charge in [0.25, 0.3) is 0 Å². The Kier molecular flexibility index (Phi) is 2.04. The van der Waals surface area contributed by atoms with Crippen LogP contribution in [0.2, 0.25) is 0 Å². The van der Waals surface area contributed by atoms with E-state index < -0.39 is 0 Å². The molecule has 4 fully saturated rings. The highest BCUT2D eigenvalue weighted by molar-refractivity contribution is 5.17. The third-order valence-electron chi connectivity index (χ3n) is 6.87. The first-order valence-corrected chi connectivity index (χ1v) is 7.61. The second-order valence-electron chi connectivity index (χ2n) is 7.39. The van der Waals surface area contributed by atoms with Gasteiger partial charge in [0.05, 0.1) is 0 Å². The van der Waals surface area contributed by atoms with Gasteiger partial charge in [0.15, 0.2) is 0 Å². The van der Waals surface area contributed by atoms with Gasteiger partial charge in [-0.15, -0.1) is 0 Å². The maximum atomic E-state index is 2.55. The van der Waals surface area contributed by atoms with Crippen molar-refractivity contribution < 1.29 is 0 Å². The number of hydrogen-bond acceptors (Lipinski definition) is 0. The highest BCUT2D eigenvalue weighted by Gasteiger charge is 2.53. The molecule has 4 saturated carbocycles. The maximum Gasteiger partial charge on any atom is -0.0176 e. The van der Waals surface area contributed by atoms with Gasteiger partial charge in [0.1, 0.15) is 0 Å². The van der Waals surface area contributed by atoms with Crippen LogP contribution in [-0.2, 0) is 0 Å². The summed E-state index contributed by atoms with van der Waals surface area (Å²) in [6, 6.07) is 0. The molecule has 0 aromatic rings. The number of rotatable bonds is 2. The topological polar surface area (TPSA) is 0 Å². The summed E-state index contributed by atoms with van der Waals surface area (Å²) in [5.74, 6) is 6.38. The minimum absolute atomic E-state index is 0.750. The normalized spacial score (nSPS) is 54.4. The molecule has 0 heterocycles. The van der Waals surface area contributed by atoms with Gasteiger partial charge < -0.3 is 0 Å². The SMILES string of the molecule is C[C](C1CC2CCC1C2)C12CCC(CC1)C2. The minimum atomic E-state index is 0.750. The summed E-state index contributed by atoms with van der Waals surface area (Å²) < 4.78 is 0. The second kappa shape index (κ2) is 3.27. The fourth-order valence-corrected chi connectivity index (χ4v) is 5.91. The highest BCUT2D eigenvalue weighted by atomic mass is 14.6. The molecule has 4 aliphatic rings. The summed E-state index contributed by atoms with van der Waals surface area (Å²) in [4.78, 5) is 0. The Balaban J connectivity index is 1.55. The first kappa shape index (κ1) is 9.97. The largest absolute Gasteiger partial charge is 0.0583 e. The molecule has 89 valence electrons. The van der Waals surface area contributed by atoms with E-state index in [-0.39, 0.29) is 0 Å². The van der Waals surface area contributed by atoms with Crippen molar-refractivity contribution in [2.75, 3.05) is 0 Å². The van der Waals surface area contributed by atoms with E-state index >= 15 is 0 Å². The van der Waals surface area contributed by atoms with Crippen molar-refractivity contribution in [2.45, 2.75) is 64.7 Å². The zero-order valence-corrected chi connectivity index (χ0v) is 10.7. The molecule has 0 aromatic carbocycles. The average Bonchev–Trinajstić information content (AvgIpc) is 3.07. The van der Waals surface area contributed by atoms with Crippen LogP contribution in [0.3, 0.4) is 0 Å². The van der Waals surface area contributed by atoms with Gasteiger partial charge in [-0.3, -0.25) is 0 Å². The Bertz CT molecular complexity index is 284. The number of fused-ring (bicyclic) bond motifs is 4. The molecule has 1 radical (unpaired) electrons. The highest BCUT2D eigenvalue weighted by Crippen LogP contribution is 2.64. The van der Waals surface area contributed by atoms with E-state index in [2.05, 4.69) is 6.92 Å². The Morgan fingerprint density at radius 3 is 2.25 bits per heavy atom. The van der Waals surface area contributed by atoms with Crippen molar-refractivity contribution in [1.82, 2.24) is 0 Å². The molecule has 0 saturated heterocycles. The summed E-state index contributed by atoms with van der Waals surface area (Å²) >= 11 is 0. The Labute approximate surface area is 100 Å². The van der Waals surface area contributed by atoms with Crippen molar-refractivity contribution >= 4 is 0 Å². The van der Waals surface area contributed by atoms with Crippen LogP contribution in [0.25, 0.3) is 0 Å². The van der Waals surface area contributed by atoms with Crippen LogP contribution in [0.5, 0.6) is 0 Å². The van der Waals surface area contributed by atoms with Gasteiger partial charge in [-0.2, -0.15) is 0 Å². The minimum Gasteiger partial charge on any atom is -0.0583 e. The van der Waals surface area contributed by atoms with Gasteiger partial charge in [-0.1, -0.05) is 13.3 Å². The van der Waals surface area contributed by atoms with Gasteiger partial charge in [-0.05, 0) is 86.4 Å². The first-order valence-electron chi connectivity index (χ1n) is 7.61. The summed E-state index contributed by atoms with van der Waals surface area (Å²) in [7, 11) is 0. The molecule has 3 atom stereocenters. The first-order chi connectivity index (χ1) is 7.77. The maximum absolute atomic E-state index is 2.55. The van der Waals surface area contributed by atoms with Gasteiger partial charge in [0, 0.05) is 0 Å². The molecule has 0 aliphatic heterocycles. The zero-order chi connectivity index (χ0) is 10.8. The van der Waals surface area contributed by atoms with E-state index in [0.29, 0.717) is 0 Å². The van der Waals surface area contributed by atoms with Crippen LogP contribution < -0.4 is 0 Å². The lowest BCUT2D eigenvalue weighted by molar-refractivity contribution is 0.219. The smallest absolute Gasteiger partial charge is 0.0176 e. The third-order valence-corrected chi connectivity index (χ3v) is 6.87. The van der Waals surface area contributed by atoms with Crippen molar-refractivity contribution in [3.8, 4) is 0 Å². The fraction of sp³-hybridized carbons (Fsp3) is 0.938. The standard InChI is InChI=1S/C16H25/c1-11(15-9-13-2-3-14(15)8-13)16-6-4-12(10-16)5-7-16/h12-15H,2-10H2,1H3. The molecule has 0 N–H and O–H groups in total. The van der Waals surface area contributed by atoms with E-state index in [1.165, 1.54) is 0 Å². The predicted octanol–water partition coefficient (Wildman–Crippen LogP) is 4.60. The Morgan fingerprint density at radius 1 is 0.938 bits per heavy atom. The lowest BCUT2D eigenvalue weighted by Crippen LogP contribution is -2.31. The molecule has 4 aliphatic carbocycles. The van der Waals surface area contributed by atoms with Crippen molar-refractivity contribution in [3.63, 3.8) is 0 Å². The third kappa shape index (κ3) is 1.22. The quantitative estimate of drug-likeness (QED) is 0.634. The lowest BCUT2D eigenvalue weighted by Gasteiger charge is -2.40. The molecule has 16 heavy (non-hydrogen) atoms. The van der Waals surface area contributed by atoms with E-state index in [4.69, 9.17) is 0 Å². The molecule has 4 rings (SSSR count). The van der Waals surface area contributed by atoms with Crippen LogP contribution in [0.4, 0.5) is 0 Å². The predicted molar refractivity (Wildman–Crippen MR) is 66.9 cm³/mol. The van der Waals surface area contributed by atoms with Gasteiger partial charge in [0.2, 0.25) is 0 Å². The molecule has 4 bridgehead atoms. The van der Waals surface area contributed by atoms with Crippen LogP contribution in [0, 0.1) is 35.0 Å². The van der Waals surface area contributed by atoms with Gasteiger partial charge >= 0.3 is 0 Å². The van der Waals surface area contributed by atoms with Crippen LogP contribution in [0.1, 0.15) is 64.7 Å². The molecule has 0 aromatic heterocycles. The van der Waals surface area contributed by atoms with E-state index in [1.54, 1.807) is 57.8 Å². The van der Waals surface area contributed by atoms with E-state index in [9.17, 15) is 0 Å². The van der Waals surface area contributed by atoms with E-state index in [0.717, 1.165) is 29.1 Å². The van der Waals surface area contributed by atoms with Crippen LogP contribution >= 0.6 is 0 Å². The van der Waals surface area contributed by atoms with Crippen LogP contribution in [-0.4, -0.2) is 0 Å². The Hall–Kier alpha value is 0. The number of hydrogen-bond donors (Lipinski definition) is 0. The summed E-state index contributed by atoms with van der Waals surface area (Å²) in [6.07, 6.45) is 14.1. The molecule has 0 heteroatoms. The van der Waals surface area contributed by atoms with Crippen molar-refractivity contribution in [2.24, 2.45) is 29.1 Å². The van der Waals surface area contributed by atoms with E-state index in [1.807, 2.05) is 5.92 Å². The fourth-order valence-electron chi connectivity index (χ4n) is 5.91. The molecule has 3 unspecified atom stereocenters. The molecule has 0 amide bonds. The van der Waals surface area contributed by atoms with Crippen molar-refractivity contribution in [3.05, 3.63) is 5.92 Å². The average molecular weight is 217 g/mol. The summed E-state index contributed by atoms with van der Waals surface area (Å²) in [6.45, 7) is 2.55. The summed E-state index contributed by atoms with van der Waals surface area (Å²) in [5.41, 5.74) is 0.750. The van der Waals surface area contributed by atoms with Gasteiger partial charge in [-0.25, -0.2) is 0 Å². The molecular weight excluding hydrogens is 192 g/mol. The monoisotopic (exact) mass is 217 g/mol. The molecular formula is C16H25.